The first kappa shape index (κ1) is 23.7. The lowest BCUT2D eigenvalue weighted by molar-refractivity contribution is 0.414. The molecule has 2 saturated heterocycles. The van der Waals surface area contributed by atoms with Crippen LogP contribution in [0.25, 0.3) is 0 Å². The van der Waals surface area contributed by atoms with Gasteiger partial charge >= 0.3 is 0 Å². The Balaban J connectivity index is 0.00000272. The number of ether oxygens (including phenoxy) is 1. The van der Waals surface area contributed by atoms with Gasteiger partial charge in [-0.05, 0) is 43.4 Å². The number of rotatable bonds is 6. The van der Waals surface area contributed by atoms with Crippen molar-refractivity contribution in [1.82, 2.24) is 20.0 Å². The van der Waals surface area contributed by atoms with Gasteiger partial charge in [-0.25, -0.2) is 0 Å². The average Bonchev–Trinajstić information content (AvgIpc) is 3.51. The highest BCUT2D eigenvalue weighted by atomic mass is 127. The van der Waals surface area contributed by atoms with Crippen LogP contribution in [-0.2, 0) is 7.05 Å². The number of guanidine groups is 1. The summed E-state index contributed by atoms with van der Waals surface area (Å²) in [6.45, 7) is 8.04. The van der Waals surface area contributed by atoms with Crippen LogP contribution in [0.15, 0.2) is 41.7 Å². The van der Waals surface area contributed by atoms with Crippen molar-refractivity contribution in [1.29, 1.82) is 0 Å². The molecule has 31 heavy (non-hydrogen) atoms. The van der Waals surface area contributed by atoms with E-state index in [4.69, 9.17) is 9.73 Å². The topological polar surface area (TPSA) is 57.9 Å². The molecule has 1 aromatic heterocycles. The number of halogens is 1. The maximum atomic E-state index is 5.55. The molecule has 2 aliphatic heterocycles. The van der Waals surface area contributed by atoms with E-state index >= 15 is 0 Å². The van der Waals surface area contributed by atoms with E-state index in [9.17, 15) is 0 Å². The minimum atomic E-state index is 0. The van der Waals surface area contributed by atoms with Gasteiger partial charge in [-0.2, -0.15) is 5.10 Å². The van der Waals surface area contributed by atoms with Crippen LogP contribution < -0.4 is 15.0 Å². The fraction of sp³-hybridized carbons (Fsp3) is 0.565. The number of likely N-dealkylation sites (tertiary alicyclic amines) is 1. The number of aromatic nitrogens is 2. The van der Waals surface area contributed by atoms with Gasteiger partial charge in [0.2, 0.25) is 0 Å². The minimum absolute atomic E-state index is 0. The Kier molecular flexibility index (Phi) is 8.45. The van der Waals surface area contributed by atoms with Crippen molar-refractivity contribution < 1.29 is 4.74 Å². The SMILES string of the molecule is CCNC(=NCC1CCN(c2ccccc2OC)C1)N1CCC(c2cnn(C)c2)C1.I. The van der Waals surface area contributed by atoms with E-state index in [1.165, 1.54) is 17.7 Å². The van der Waals surface area contributed by atoms with E-state index in [2.05, 4.69) is 45.5 Å². The van der Waals surface area contributed by atoms with Crippen LogP contribution >= 0.6 is 24.0 Å². The monoisotopic (exact) mass is 538 g/mol. The molecule has 8 heteroatoms. The van der Waals surface area contributed by atoms with Crippen LogP contribution in [0.3, 0.4) is 0 Å². The van der Waals surface area contributed by atoms with Gasteiger partial charge in [0.1, 0.15) is 5.75 Å². The van der Waals surface area contributed by atoms with Crippen molar-refractivity contribution in [2.45, 2.75) is 25.7 Å². The first-order chi connectivity index (χ1) is 14.7. The van der Waals surface area contributed by atoms with Gasteiger partial charge in [0.25, 0.3) is 0 Å². The summed E-state index contributed by atoms with van der Waals surface area (Å²) in [5.74, 6) is 3.11. The molecule has 2 aliphatic rings. The van der Waals surface area contributed by atoms with Crippen LogP contribution in [-0.4, -0.2) is 67.0 Å². The Morgan fingerprint density at radius 2 is 2.06 bits per heavy atom. The normalized spacial score (nSPS) is 21.3. The largest absolute Gasteiger partial charge is 0.495 e. The second-order valence-electron chi connectivity index (χ2n) is 8.35. The molecular formula is C23H35IN6O. The standard InChI is InChI=1S/C23H34N6O.HI/c1-4-24-23(29-12-10-19(17-29)20-14-26-27(2)16-20)25-13-18-9-11-28(15-18)21-7-5-6-8-22(21)30-3;/h5-8,14,16,18-19H,4,9-13,15,17H2,1-3H3,(H,24,25);1H. The molecule has 0 spiro atoms. The van der Waals surface area contributed by atoms with Crippen molar-refractivity contribution in [2.24, 2.45) is 18.0 Å². The van der Waals surface area contributed by atoms with E-state index < -0.39 is 0 Å². The molecule has 0 amide bonds. The highest BCUT2D eigenvalue weighted by Crippen LogP contribution is 2.32. The second kappa shape index (κ2) is 11.1. The number of methoxy groups -OCH3 is 1. The van der Waals surface area contributed by atoms with Crippen LogP contribution in [0, 0.1) is 5.92 Å². The van der Waals surface area contributed by atoms with Crippen LogP contribution in [0.2, 0.25) is 0 Å². The number of benzene rings is 1. The molecule has 2 unspecified atom stereocenters. The molecule has 1 N–H and O–H groups in total. The van der Waals surface area contributed by atoms with Crippen molar-refractivity contribution in [3.63, 3.8) is 0 Å². The Labute approximate surface area is 202 Å². The van der Waals surface area contributed by atoms with Gasteiger partial charge < -0.3 is 19.9 Å². The molecule has 0 aliphatic carbocycles. The third kappa shape index (κ3) is 5.64. The number of aryl methyl sites for hydroxylation is 1. The Hall–Kier alpha value is -1.97. The maximum absolute atomic E-state index is 5.55. The number of hydrogen-bond acceptors (Lipinski definition) is 4. The predicted octanol–water partition coefficient (Wildman–Crippen LogP) is 3.33. The van der Waals surface area contributed by atoms with Crippen LogP contribution in [0.5, 0.6) is 5.75 Å². The highest BCUT2D eigenvalue weighted by Gasteiger charge is 2.28. The Morgan fingerprint density at radius 1 is 1.23 bits per heavy atom. The predicted molar refractivity (Wildman–Crippen MR) is 137 cm³/mol. The molecule has 3 heterocycles. The lowest BCUT2D eigenvalue weighted by Gasteiger charge is -2.23. The zero-order chi connectivity index (χ0) is 20.9. The fourth-order valence-corrected chi connectivity index (χ4v) is 4.61. The molecule has 0 saturated carbocycles. The summed E-state index contributed by atoms with van der Waals surface area (Å²) in [7, 11) is 3.73. The molecule has 170 valence electrons. The molecule has 2 aromatic rings. The Morgan fingerprint density at radius 3 is 2.81 bits per heavy atom. The summed E-state index contributed by atoms with van der Waals surface area (Å²) in [4.78, 5) is 9.88. The molecule has 2 fully saturated rings. The maximum Gasteiger partial charge on any atom is 0.193 e. The van der Waals surface area contributed by atoms with Crippen molar-refractivity contribution in [2.75, 3.05) is 51.3 Å². The summed E-state index contributed by atoms with van der Waals surface area (Å²) >= 11 is 0. The minimum Gasteiger partial charge on any atom is -0.495 e. The average molecular weight is 538 g/mol. The third-order valence-corrected chi connectivity index (χ3v) is 6.23. The molecule has 0 bridgehead atoms. The summed E-state index contributed by atoms with van der Waals surface area (Å²) in [5.41, 5.74) is 2.52. The van der Waals surface area contributed by atoms with E-state index in [0.29, 0.717) is 11.8 Å². The van der Waals surface area contributed by atoms with Gasteiger partial charge in [0.15, 0.2) is 5.96 Å². The Bertz CT molecular complexity index is 869. The van der Waals surface area contributed by atoms with Gasteiger partial charge in [0, 0.05) is 58.4 Å². The van der Waals surface area contributed by atoms with Gasteiger partial charge in [0.05, 0.1) is 19.0 Å². The first-order valence-corrected chi connectivity index (χ1v) is 11.1. The fourth-order valence-electron chi connectivity index (χ4n) is 4.61. The van der Waals surface area contributed by atoms with E-state index in [1.807, 2.05) is 30.1 Å². The third-order valence-electron chi connectivity index (χ3n) is 6.23. The van der Waals surface area contributed by atoms with Crippen LogP contribution in [0.1, 0.15) is 31.2 Å². The zero-order valence-electron chi connectivity index (χ0n) is 18.8. The second-order valence-corrected chi connectivity index (χ2v) is 8.35. The van der Waals surface area contributed by atoms with Gasteiger partial charge in [-0.1, -0.05) is 12.1 Å². The lowest BCUT2D eigenvalue weighted by atomic mass is 10.0. The zero-order valence-corrected chi connectivity index (χ0v) is 21.2. The van der Waals surface area contributed by atoms with E-state index in [-0.39, 0.29) is 24.0 Å². The van der Waals surface area contributed by atoms with E-state index in [0.717, 1.165) is 57.4 Å². The van der Waals surface area contributed by atoms with Crippen LogP contribution in [0.4, 0.5) is 5.69 Å². The molecule has 4 rings (SSSR count). The first-order valence-electron chi connectivity index (χ1n) is 11.1. The lowest BCUT2D eigenvalue weighted by Crippen LogP contribution is -2.40. The number of aliphatic imine (C=N–C) groups is 1. The quantitative estimate of drug-likeness (QED) is 0.348. The number of para-hydroxylation sites is 2. The summed E-state index contributed by atoms with van der Waals surface area (Å²) in [6, 6.07) is 8.30. The molecule has 1 aromatic carbocycles. The molecule has 2 atom stereocenters. The number of anilines is 1. The smallest absolute Gasteiger partial charge is 0.193 e. The molecule has 7 nitrogen and oxygen atoms in total. The number of nitrogens with one attached hydrogen (secondary N) is 1. The van der Waals surface area contributed by atoms with Gasteiger partial charge in [-0.3, -0.25) is 9.67 Å². The van der Waals surface area contributed by atoms with E-state index in [1.54, 1.807) is 7.11 Å². The highest BCUT2D eigenvalue weighted by molar-refractivity contribution is 14.0. The molecule has 0 radical (unpaired) electrons. The summed E-state index contributed by atoms with van der Waals surface area (Å²) in [5, 5.41) is 7.85. The molecular weight excluding hydrogens is 503 g/mol. The van der Waals surface area contributed by atoms with Crippen molar-refractivity contribution in [3.05, 3.63) is 42.2 Å². The number of hydrogen-bond donors (Lipinski definition) is 1. The summed E-state index contributed by atoms with van der Waals surface area (Å²) < 4.78 is 7.44. The number of nitrogens with zero attached hydrogens (tertiary/aromatic N) is 5. The van der Waals surface area contributed by atoms with Crippen molar-refractivity contribution >= 4 is 35.6 Å². The van der Waals surface area contributed by atoms with Gasteiger partial charge in [-0.15, -0.1) is 24.0 Å². The van der Waals surface area contributed by atoms with Crippen molar-refractivity contribution in [3.8, 4) is 5.75 Å². The summed E-state index contributed by atoms with van der Waals surface area (Å²) in [6.07, 6.45) is 6.47.